The lowest BCUT2D eigenvalue weighted by Crippen LogP contribution is -2.55. The number of amides is 3. The zero-order valence-electron chi connectivity index (χ0n) is 14.9. The van der Waals surface area contributed by atoms with Crippen molar-refractivity contribution in [3.05, 3.63) is 35.9 Å². The predicted octanol–water partition coefficient (Wildman–Crippen LogP) is 0.767. The van der Waals surface area contributed by atoms with Crippen molar-refractivity contribution in [1.29, 1.82) is 0 Å². The minimum Gasteiger partial charge on any atom is -0.341 e. The molecule has 134 valence electrons. The number of hydrogen-bond donors (Lipinski definition) is 0. The van der Waals surface area contributed by atoms with Crippen LogP contribution >= 0.6 is 0 Å². The van der Waals surface area contributed by atoms with Crippen LogP contribution in [-0.4, -0.2) is 72.2 Å². The third kappa shape index (κ3) is 3.67. The number of likely N-dealkylation sites (tertiary alicyclic amines) is 1. The molecule has 2 aliphatic heterocycles. The first-order chi connectivity index (χ1) is 12.0. The predicted molar refractivity (Wildman–Crippen MR) is 93.6 cm³/mol. The Labute approximate surface area is 148 Å². The molecule has 1 aromatic carbocycles. The maximum Gasteiger partial charge on any atom is 0.242 e. The standard InChI is InChI=1S/C19H25N3O3/c1-20-13-18(24)21(2)16-12-22(11-10-15(16)19(20)25)17(23)9-8-14-6-4-3-5-7-14/h3-7,15-16H,8-13H2,1-2H3. The van der Waals surface area contributed by atoms with E-state index in [0.717, 1.165) is 5.56 Å². The van der Waals surface area contributed by atoms with E-state index in [-0.39, 0.29) is 36.2 Å². The molecule has 0 bridgehead atoms. The van der Waals surface area contributed by atoms with Crippen LogP contribution in [0.15, 0.2) is 30.3 Å². The molecular weight excluding hydrogens is 318 g/mol. The smallest absolute Gasteiger partial charge is 0.242 e. The Kier molecular flexibility index (Phi) is 5.06. The fourth-order valence-corrected chi connectivity index (χ4v) is 3.75. The SMILES string of the molecule is CN1CC(=O)N(C)C2CN(C(=O)CCc3ccccc3)CCC2C1=O. The highest BCUT2D eigenvalue weighted by Crippen LogP contribution is 2.26. The summed E-state index contributed by atoms with van der Waals surface area (Å²) in [6, 6.07) is 9.72. The van der Waals surface area contributed by atoms with Crippen molar-refractivity contribution in [1.82, 2.24) is 14.7 Å². The zero-order valence-corrected chi connectivity index (χ0v) is 14.9. The van der Waals surface area contributed by atoms with Crippen molar-refractivity contribution >= 4 is 17.7 Å². The summed E-state index contributed by atoms with van der Waals surface area (Å²) in [6.45, 7) is 1.14. The Morgan fingerprint density at radius 3 is 2.60 bits per heavy atom. The largest absolute Gasteiger partial charge is 0.341 e. The molecule has 3 rings (SSSR count). The quantitative estimate of drug-likeness (QED) is 0.814. The van der Waals surface area contributed by atoms with E-state index in [9.17, 15) is 14.4 Å². The van der Waals surface area contributed by atoms with Gasteiger partial charge in [0.15, 0.2) is 0 Å². The Morgan fingerprint density at radius 2 is 1.88 bits per heavy atom. The number of hydrogen-bond acceptors (Lipinski definition) is 3. The number of fused-ring (bicyclic) bond motifs is 1. The molecule has 2 aliphatic rings. The van der Waals surface area contributed by atoms with Gasteiger partial charge in [0, 0.05) is 33.6 Å². The molecule has 2 atom stereocenters. The maximum absolute atomic E-state index is 12.6. The molecule has 0 saturated carbocycles. The van der Waals surface area contributed by atoms with Gasteiger partial charge in [-0.2, -0.15) is 0 Å². The summed E-state index contributed by atoms with van der Waals surface area (Å²) < 4.78 is 0. The summed E-state index contributed by atoms with van der Waals surface area (Å²) in [4.78, 5) is 42.3. The Hall–Kier alpha value is -2.37. The van der Waals surface area contributed by atoms with Crippen molar-refractivity contribution < 1.29 is 14.4 Å². The van der Waals surface area contributed by atoms with E-state index in [0.29, 0.717) is 32.4 Å². The number of aryl methyl sites for hydroxylation is 1. The summed E-state index contributed by atoms with van der Waals surface area (Å²) in [5.41, 5.74) is 1.14. The summed E-state index contributed by atoms with van der Waals surface area (Å²) in [5, 5.41) is 0. The second-order valence-electron chi connectivity index (χ2n) is 6.99. The van der Waals surface area contributed by atoms with Gasteiger partial charge in [-0.05, 0) is 18.4 Å². The number of carbonyl (C=O) groups excluding carboxylic acids is 3. The average molecular weight is 343 g/mol. The highest BCUT2D eigenvalue weighted by atomic mass is 16.2. The van der Waals surface area contributed by atoms with Gasteiger partial charge < -0.3 is 14.7 Å². The van der Waals surface area contributed by atoms with Gasteiger partial charge in [-0.15, -0.1) is 0 Å². The number of likely N-dealkylation sites (N-methyl/N-ethyl adjacent to an activating group) is 2. The Morgan fingerprint density at radius 1 is 1.16 bits per heavy atom. The van der Waals surface area contributed by atoms with E-state index in [4.69, 9.17) is 0 Å². The normalized spacial score (nSPS) is 24.2. The monoisotopic (exact) mass is 343 g/mol. The van der Waals surface area contributed by atoms with E-state index < -0.39 is 0 Å². The molecule has 2 saturated heterocycles. The number of carbonyl (C=O) groups is 3. The van der Waals surface area contributed by atoms with E-state index in [1.807, 2.05) is 35.2 Å². The molecule has 0 spiro atoms. The minimum absolute atomic E-state index is 0.0130. The number of nitrogens with zero attached hydrogens (tertiary/aromatic N) is 3. The maximum atomic E-state index is 12.6. The van der Waals surface area contributed by atoms with E-state index >= 15 is 0 Å². The summed E-state index contributed by atoms with van der Waals surface area (Å²) in [5.74, 6) is -0.172. The average Bonchev–Trinajstić information content (AvgIpc) is 2.71. The zero-order chi connectivity index (χ0) is 18.0. The first kappa shape index (κ1) is 17.5. The molecule has 0 aliphatic carbocycles. The van der Waals surface area contributed by atoms with Gasteiger partial charge in [-0.1, -0.05) is 30.3 Å². The van der Waals surface area contributed by atoms with Gasteiger partial charge in [0.05, 0.1) is 18.5 Å². The van der Waals surface area contributed by atoms with Crippen LogP contribution in [0.1, 0.15) is 18.4 Å². The summed E-state index contributed by atoms with van der Waals surface area (Å²) in [6.07, 6.45) is 1.77. The third-order valence-electron chi connectivity index (χ3n) is 5.36. The highest BCUT2D eigenvalue weighted by molar-refractivity contribution is 5.89. The highest BCUT2D eigenvalue weighted by Gasteiger charge is 2.43. The minimum atomic E-state index is -0.223. The molecule has 2 fully saturated rings. The second-order valence-corrected chi connectivity index (χ2v) is 6.99. The molecule has 0 aromatic heterocycles. The molecule has 3 amide bonds. The van der Waals surface area contributed by atoms with Crippen molar-refractivity contribution in [2.24, 2.45) is 5.92 Å². The lowest BCUT2D eigenvalue weighted by atomic mass is 9.89. The number of rotatable bonds is 3. The molecule has 1 aromatic rings. The van der Waals surface area contributed by atoms with Crippen LogP contribution < -0.4 is 0 Å². The summed E-state index contributed by atoms with van der Waals surface area (Å²) >= 11 is 0. The van der Waals surface area contributed by atoms with Gasteiger partial charge in [-0.25, -0.2) is 0 Å². The Balaban J connectivity index is 1.65. The van der Waals surface area contributed by atoms with Crippen LogP contribution in [0.3, 0.4) is 0 Å². The van der Waals surface area contributed by atoms with E-state index in [2.05, 4.69) is 0 Å². The van der Waals surface area contributed by atoms with Crippen LogP contribution in [0.5, 0.6) is 0 Å². The second kappa shape index (κ2) is 7.25. The van der Waals surface area contributed by atoms with Crippen LogP contribution in [0.25, 0.3) is 0 Å². The van der Waals surface area contributed by atoms with Gasteiger partial charge in [0.1, 0.15) is 0 Å². The van der Waals surface area contributed by atoms with Crippen LogP contribution in [0.2, 0.25) is 0 Å². The number of piperidine rings is 1. The van der Waals surface area contributed by atoms with E-state index in [1.54, 1.807) is 19.0 Å². The van der Waals surface area contributed by atoms with Gasteiger partial charge in [0.25, 0.3) is 0 Å². The first-order valence-electron chi connectivity index (χ1n) is 8.79. The molecule has 25 heavy (non-hydrogen) atoms. The third-order valence-corrected chi connectivity index (χ3v) is 5.36. The van der Waals surface area contributed by atoms with Crippen molar-refractivity contribution in [3.8, 4) is 0 Å². The van der Waals surface area contributed by atoms with Crippen molar-refractivity contribution in [3.63, 3.8) is 0 Å². The Bertz CT molecular complexity index is 661. The van der Waals surface area contributed by atoms with Gasteiger partial charge in [0.2, 0.25) is 17.7 Å². The molecule has 0 radical (unpaired) electrons. The van der Waals surface area contributed by atoms with Gasteiger partial charge >= 0.3 is 0 Å². The first-order valence-corrected chi connectivity index (χ1v) is 8.79. The van der Waals surface area contributed by atoms with Crippen molar-refractivity contribution in [2.75, 3.05) is 33.7 Å². The van der Waals surface area contributed by atoms with Crippen LogP contribution in [-0.2, 0) is 20.8 Å². The van der Waals surface area contributed by atoms with Crippen LogP contribution in [0.4, 0.5) is 0 Å². The molecule has 2 heterocycles. The van der Waals surface area contributed by atoms with E-state index in [1.165, 1.54) is 4.90 Å². The topological polar surface area (TPSA) is 60.9 Å². The molecule has 6 nitrogen and oxygen atoms in total. The van der Waals surface area contributed by atoms with Crippen LogP contribution in [0, 0.1) is 5.92 Å². The number of benzene rings is 1. The summed E-state index contributed by atoms with van der Waals surface area (Å²) in [7, 11) is 3.41. The van der Waals surface area contributed by atoms with Gasteiger partial charge in [-0.3, -0.25) is 14.4 Å². The fourth-order valence-electron chi connectivity index (χ4n) is 3.75. The molecule has 0 N–H and O–H groups in total. The fraction of sp³-hybridized carbons (Fsp3) is 0.526. The lowest BCUT2D eigenvalue weighted by molar-refractivity contribution is -0.141. The lowest BCUT2D eigenvalue weighted by Gasteiger charge is -2.40. The molecular formula is C19H25N3O3. The molecule has 6 heteroatoms. The molecule has 2 unspecified atom stereocenters. The van der Waals surface area contributed by atoms with Crippen molar-refractivity contribution in [2.45, 2.75) is 25.3 Å².